The molecule has 2 amide bonds. The van der Waals surface area contributed by atoms with Gasteiger partial charge in [-0.25, -0.2) is 4.79 Å². The van der Waals surface area contributed by atoms with Gasteiger partial charge in [-0.15, -0.1) is 0 Å². The Labute approximate surface area is 59.0 Å². The van der Waals surface area contributed by atoms with Gasteiger partial charge >= 0.3 is 6.03 Å². The zero-order chi connectivity index (χ0) is 6.85. The highest BCUT2D eigenvalue weighted by molar-refractivity contribution is 7.80. The minimum Gasteiger partial charge on any atom is -0.331 e. The molecule has 1 aliphatic heterocycles. The van der Waals surface area contributed by atoms with Gasteiger partial charge in [0.05, 0.1) is 6.54 Å². The molecule has 0 aromatic carbocycles. The van der Waals surface area contributed by atoms with Crippen molar-refractivity contribution in [1.82, 2.24) is 10.2 Å². The smallest absolute Gasteiger partial charge is 0.322 e. The molecular weight excluding hydrogens is 136 g/mol. The lowest BCUT2D eigenvalue weighted by Crippen LogP contribution is -2.29. The van der Waals surface area contributed by atoms with Crippen molar-refractivity contribution in [2.45, 2.75) is 6.92 Å². The maximum absolute atomic E-state index is 10.7. The van der Waals surface area contributed by atoms with Crippen LogP contribution < -0.4 is 5.32 Å². The third-order valence-electron chi connectivity index (χ3n) is 1.25. The number of nitrogens with one attached hydrogen (secondary N) is 1. The van der Waals surface area contributed by atoms with Crippen molar-refractivity contribution in [2.24, 2.45) is 0 Å². The van der Waals surface area contributed by atoms with Crippen LogP contribution in [0.4, 0.5) is 4.79 Å². The zero-order valence-electron chi connectivity index (χ0n) is 5.18. The van der Waals surface area contributed by atoms with E-state index in [1.54, 1.807) is 4.90 Å². The van der Waals surface area contributed by atoms with E-state index in [0.29, 0.717) is 18.1 Å². The molecular formula is C5H8N2OS. The van der Waals surface area contributed by atoms with Crippen molar-refractivity contribution in [2.75, 3.05) is 13.1 Å². The van der Waals surface area contributed by atoms with E-state index in [1.165, 1.54) is 0 Å². The summed E-state index contributed by atoms with van der Waals surface area (Å²) in [4.78, 5) is 13.0. The molecule has 9 heavy (non-hydrogen) atoms. The van der Waals surface area contributed by atoms with Crippen LogP contribution in [0, 0.1) is 0 Å². The van der Waals surface area contributed by atoms with Crippen LogP contribution in [0.3, 0.4) is 0 Å². The maximum atomic E-state index is 10.7. The number of thiocarbonyl (C=S) groups is 1. The molecule has 3 nitrogen and oxygen atoms in total. The Kier molecular flexibility index (Phi) is 1.66. The first-order valence-corrected chi connectivity index (χ1v) is 3.24. The predicted octanol–water partition coefficient (Wildman–Crippen LogP) is 0.359. The maximum Gasteiger partial charge on any atom is 0.322 e. The minimum atomic E-state index is -0.0671. The lowest BCUT2D eigenvalue weighted by Gasteiger charge is -2.08. The van der Waals surface area contributed by atoms with Crippen molar-refractivity contribution >= 4 is 23.2 Å². The van der Waals surface area contributed by atoms with E-state index in [-0.39, 0.29) is 6.03 Å². The topological polar surface area (TPSA) is 32.3 Å². The second-order valence-electron chi connectivity index (χ2n) is 1.80. The lowest BCUT2D eigenvalue weighted by atomic mass is 10.6. The summed E-state index contributed by atoms with van der Waals surface area (Å²) in [5, 5.41) is 2.62. The summed E-state index contributed by atoms with van der Waals surface area (Å²) in [6, 6.07) is -0.0671. The highest BCUT2D eigenvalue weighted by Gasteiger charge is 2.22. The second-order valence-corrected chi connectivity index (χ2v) is 2.27. The number of nitrogens with zero attached hydrogens (tertiary/aromatic N) is 1. The number of carbonyl (C=O) groups is 1. The van der Waals surface area contributed by atoms with Crippen molar-refractivity contribution in [3.05, 3.63) is 0 Å². The summed E-state index contributed by atoms with van der Waals surface area (Å²) in [7, 11) is 0. The normalized spacial score (nSPS) is 18.6. The van der Waals surface area contributed by atoms with E-state index in [1.807, 2.05) is 6.92 Å². The summed E-state index contributed by atoms with van der Waals surface area (Å²) in [6.45, 7) is 3.10. The quantitative estimate of drug-likeness (QED) is 0.539. The molecule has 1 rings (SSSR count). The molecule has 4 heteroatoms. The van der Waals surface area contributed by atoms with Crippen molar-refractivity contribution in [1.29, 1.82) is 0 Å². The van der Waals surface area contributed by atoms with Crippen LogP contribution in [0.1, 0.15) is 6.92 Å². The average Bonchev–Trinajstić information content (AvgIpc) is 2.12. The van der Waals surface area contributed by atoms with E-state index in [2.05, 4.69) is 5.32 Å². The fraction of sp³-hybridized carbons (Fsp3) is 0.600. The van der Waals surface area contributed by atoms with E-state index in [9.17, 15) is 4.79 Å². The van der Waals surface area contributed by atoms with Gasteiger partial charge in [-0.1, -0.05) is 12.2 Å². The number of urea groups is 1. The summed E-state index contributed by atoms with van der Waals surface area (Å²) in [5.41, 5.74) is 0. The van der Waals surface area contributed by atoms with Gasteiger partial charge in [-0.3, -0.25) is 4.90 Å². The molecule has 50 valence electrons. The second kappa shape index (κ2) is 2.31. The Bertz CT molecular complexity index is 141. The van der Waals surface area contributed by atoms with Gasteiger partial charge in [0.15, 0.2) is 0 Å². The van der Waals surface area contributed by atoms with E-state index >= 15 is 0 Å². The van der Waals surface area contributed by atoms with Gasteiger partial charge in [0, 0.05) is 6.54 Å². The monoisotopic (exact) mass is 144 g/mol. The highest BCUT2D eigenvalue weighted by atomic mass is 32.1. The molecule has 0 aromatic heterocycles. The Morgan fingerprint density at radius 3 is 2.78 bits per heavy atom. The van der Waals surface area contributed by atoms with Gasteiger partial charge in [0.25, 0.3) is 0 Å². The first-order chi connectivity index (χ1) is 4.25. The fourth-order valence-corrected chi connectivity index (χ4v) is 1.06. The molecule has 0 bridgehead atoms. The average molecular weight is 144 g/mol. The van der Waals surface area contributed by atoms with Gasteiger partial charge in [-0.05, 0) is 6.92 Å². The molecule has 0 spiro atoms. The number of likely N-dealkylation sites (N-methyl/N-ethyl adjacent to an activating group) is 1. The summed E-state index contributed by atoms with van der Waals surface area (Å²) in [5.74, 6) is 0. The molecule has 0 aromatic rings. The van der Waals surface area contributed by atoms with E-state index in [4.69, 9.17) is 12.2 Å². The Hall–Kier alpha value is -0.640. The van der Waals surface area contributed by atoms with Crippen LogP contribution in [-0.4, -0.2) is 29.0 Å². The molecule has 1 aliphatic rings. The zero-order valence-corrected chi connectivity index (χ0v) is 5.99. The molecule has 1 saturated heterocycles. The largest absolute Gasteiger partial charge is 0.331 e. The highest BCUT2D eigenvalue weighted by Crippen LogP contribution is 1.98. The first-order valence-electron chi connectivity index (χ1n) is 2.84. The predicted molar refractivity (Wildman–Crippen MR) is 38.4 cm³/mol. The number of hydrogen-bond acceptors (Lipinski definition) is 2. The van der Waals surface area contributed by atoms with Crippen LogP contribution >= 0.6 is 12.2 Å². The molecule has 1 N–H and O–H groups in total. The minimum absolute atomic E-state index is 0.0671. The SMILES string of the molecule is CCN1C(=O)NCC1=S. The standard InChI is InChI=1S/C5H8N2OS/c1-2-7-4(9)3-6-5(7)8/h2-3H2,1H3,(H,6,8). The van der Waals surface area contributed by atoms with E-state index in [0.717, 1.165) is 0 Å². The third kappa shape index (κ3) is 1.03. The Morgan fingerprint density at radius 2 is 2.56 bits per heavy atom. The van der Waals surface area contributed by atoms with Gasteiger partial charge < -0.3 is 5.32 Å². The summed E-state index contributed by atoms with van der Waals surface area (Å²) >= 11 is 4.86. The first kappa shape index (κ1) is 6.48. The van der Waals surface area contributed by atoms with E-state index < -0.39 is 0 Å². The van der Waals surface area contributed by atoms with Crippen LogP contribution in [0.2, 0.25) is 0 Å². The van der Waals surface area contributed by atoms with Gasteiger partial charge in [-0.2, -0.15) is 0 Å². The molecule has 0 atom stereocenters. The van der Waals surface area contributed by atoms with Crippen LogP contribution in [0.5, 0.6) is 0 Å². The fourth-order valence-electron chi connectivity index (χ4n) is 0.775. The van der Waals surface area contributed by atoms with Crippen molar-refractivity contribution in [3.8, 4) is 0 Å². The molecule has 1 fully saturated rings. The number of amides is 2. The van der Waals surface area contributed by atoms with Crippen molar-refractivity contribution in [3.63, 3.8) is 0 Å². The van der Waals surface area contributed by atoms with Crippen LogP contribution in [0.25, 0.3) is 0 Å². The molecule has 1 heterocycles. The van der Waals surface area contributed by atoms with Crippen LogP contribution in [-0.2, 0) is 0 Å². The third-order valence-corrected chi connectivity index (χ3v) is 1.62. The Morgan fingerprint density at radius 1 is 1.89 bits per heavy atom. The van der Waals surface area contributed by atoms with Crippen LogP contribution in [0.15, 0.2) is 0 Å². The summed E-state index contributed by atoms with van der Waals surface area (Å²) in [6.07, 6.45) is 0. The number of hydrogen-bond donors (Lipinski definition) is 1. The molecule has 0 saturated carbocycles. The summed E-state index contributed by atoms with van der Waals surface area (Å²) < 4.78 is 0. The van der Waals surface area contributed by atoms with Crippen molar-refractivity contribution < 1.29 is 4.79 Å². The molecule has 0 unspecified atom stereocenters. The van der Waals surface area contributed by atoms with Gasteiger partial charge in [0.1, 0.15) is 4.99 Å². The Balaban J connectivity index is 2.66. The molecule has 0 radical (unpaired) electrons. The lowest BCUT2D eigenvalue weighted by molar-refractivity contribution is 0.230. The molecule has 0 aliphatic carbocycles. The number of rotatable bonds is 1. The number of carbonyl (C=O) groups excluding carboxylic acids is 1. The van der Waals surface area contributed by atoms with Gasteiger partial charge in [0.2, 0.25) is 0 Å².